The second-order valence-corrected chi connectivity index (χ2v) is 4.89. The number of carbonyl (C=O) groups is 1. The molecule has 1 N–H and O–H groups in total. The third kappa shape index (κ3) is 2.08. The van der Waals surface area contributed by atoms with Crippen LogP contribution in [0.3, 0.4) is 0 Å². The highest BCUT2D eigenvalue weighted by atomic mass is 16.6. The van der Waals surface area contributed by atoms with E-state index < -0.39 is 0 Å². The van der Waals surface area contributed by atoms with Gasteiger partial charge in [-0.1, -0.05) is 30.3 Å². The fraction of sp³-hybridized carbons (Fsp3) is 0.500. The van der Waals surface area contributed by atoms with Gasteiger partial charge in [-0.25, -0.2) is 4.79 Å². The van der Waals surface area contributed by atoms with Crippen molar-refractivity contribution in [1.29, 1.82) is 0 Å². The molecule has 0 saturated carbocycles. The van der Waals surface area contributed by atoms with E-state index in [2.05, 4.69) is 17.4 Å². The van der Waals surface area contributed by atoms with Crippen molar-refractivity contribution in [2.24, 2.45) is 0 Å². The zero-order valence-corrected chi connectivity index (χ0v) is 10.3. The summed E-state index contributed by atoms with van der Waals surface area (Å²) in [4.78, 5) is 13.9. The second kappa shape index (κ2) is 4.98. The van der Waals surface area contributed by atoms with Crippen LogP contribution in [0.1, 0.15) is 24.4 Å². The third-order valence-electron chi connectivity index (χ3n) is 3.80. The van der Waals surface area contributed by atoms with Crippen molar-refractivity contribution in [1.82, 2.24) is 10.2 Å². The number of benzene rings is 1. The minimum atomic E-state index is -0.157. The van der Waals surface area contributed by atoms with Crippen LogP contribution in [0.25, 0.3) is 0 Å². The van der Waals surface area contributed by atoms with E-state index in [4.69, 9.17) is 4.74 Å². The maximum absolute atomic E-state index is 11.9. The first-order valence-corrected chi connectivity index (χ1v) is 6.57. The van der Waals surface area contributed by atoms with Crippen molar-refractivity contribution in [3.63, 3.8) is 0 Å². The number of hydrogen-bond acceptors (Lipinski definition) is 3. The highest BCUT2D eigenvalue weighted by Gasteiger charge is 2.39. The molecule has 1 aromatic rings. The van der Waals surface area contributed by atoms with Gasteiger partial charge in [0.05, 0.1) is 6.04 Å². The van der Waals surface area contributed by atoms with Crippen molar-refractivity contribution in [2.75, 3.05) is 19.7 Å². The maximum atomic E-state index is 11.9. The van der Waals surface area contributed by atoms with Gasteiger partial charge in [0.15, 0.2) is 0 Å². The fourth-order valence-electron chi connectivity index (χ4n) is 2.85. The summed E-state index contributed by atoms with van der Waals surface area (Å²) in [5.41, 5.74) is 1.17. The number of piperidine rings is 1. The summed E-state index contributed by atoms with van der Waals surface area (Å²) in [5, 5.41) is 3.33. The zero-order valence-electron chi connectivity index (χ0n) is 10.3. The Balaban J connectivity index is 1.83. The molecule has 2 aliphatic heterocycles. The van der Waals surface area contributed by atoms with E-state index in [-0.39, 0.29) is 12.1 Å². The Morgan fingerprint density at radius 2 is 1.89 bits per heavy atom. The standard InChI is InChI=1S/C14H18N2O2/c17-14-16(12-6-8-15-9-7-12)13(10-18-14)11-4-2-1-3-5-11/h1-5,12-13,15H,6-10H2. The summed E-state index contributed by atoms with van der Waals surface area (Å²) in [6.45, 7) is 2.44. The molecule has 2 fully saturated rings. The highest BCUT2D eigenvalue weighted by Crippen LogP contribution is 2.31. The van der Waals surface area contributed by atoms with E-state index in [1.807, 2.05) is 23.1 Å². The van der Waals surface area contributed by atoms with Gasteiger partial charge in [0.1, 0.15) is 6.61 Å². The lowest BCUT2D eigenvalue weighted by molar-refractivity contribution is 0.134. The van der Waals surface area contributed by atoms with Gasteiger partial charge in [0.2, 0.25) is 0 Å². The van der Waals surface area contributed by atoms with Crippen molar-refractivity contribution in [2.45, 2.75) is 24.9 Å². The number of carbonyl (C=O) groups excluding carboxylic acids is 1. The Labute approximate surface area is 107 Å². The van der Waals surface area contributed by atoms with Crippen LogP contribution in [0, 0.1) is 0 Å². The number of cyclic esters (lactones) is 1. The van der Waals surface area contributed by atoms with E-state index in [1.54, 1.807) is 0 Å². The molecule has 0 bridgehead atoms. The lowest BCUT2D eigenvalue weighted by Crippen LogP contribution is -2.44. The molecule has 0 aromatic heterocycles. The SMILES string of the molecule is O=C1OCC(c2ccccc2)N1C1CCNCC1. The smallest absolute Gasteiger partial charge is 0.410 e. The summed E-state index contributed by atoms with van der Waals surface area (Å²) in [6.07, 6.45) is 1.87. The number of nitrogens with zero attached hydrogens (tertiary/aromatic N) is 1. The number of hydrogen-bond donors (Lipinski definition) is 1. The molecule has 4 heteroatoms. The van der Waals surface area contributed by atoms with Crippen LogP contribution in [0.5, 0.6) is 0 Å². The molecule has 2 aliphatic rings. The normalized spacial score (nSPS) is 25.2. The van der Waals surface area contributed by atoms with Crippen LogP contribution in [0.2, 0.25) is 0 Å². The van der Waals surface area contributed by atoms with E-state index >= 15 is 0 Å². The van der Waals surface area contributed by atoms with Crippen LogP contribution in [-0.2, 0) is 4.74 Å². The average molecular weight is 246 g/mol. The molecular formula is C14H18N2O2. The van der Waals surface area contributed by atoms with Gasteiger partial charge >= 0.3 is 6.09 Å². The quantitative estimate of drug-likeness (QED) is 0.867. The lowest BCUT2D eigenvalue weighted by Gasteiger charge is -2.33. The van der Waals surface area contributed by atoms with E-state index in [1.165, 1.54) is 5.56 Å². The Morgan fingerprint density at radius 1 is 1.17 bits per heavy atom. The maximum Gasteiger partial charge on any atom is 0.410 e. The molecular weight excluding hydrogens is 228 g/mol. The van der Waals surface area contributed by atoms with Crippen molar-refractivity contribution in [3.05, 3.63) is 35.9 Å². The van der Waals surface area contributed by atoms with Crippen molar-refractivity contribution < 1.29 is 9.53 Å². The zero-order chi connectivity index (χ0) is 12.4. The molecule has 0 spiro atoms. The minimum absolute atomic E-state index is 0.0850. The van der Waals surface area contributed by atoms with Gasteiger partial charge in [-0.15, -0.1) is 0 Å². The first kappa shape index (κ1) is 11.5. The highest BCUT2D eigenvalue weighted by molar-refractivity contribution is 5.71. The fourth-order valence-corrected chi connectivity index (χ4v) is 2.85. The molecule has 1 amide bonds. The monoisotopic (exact) mass is 246 g/mol. The molecule has 1 atom stereocenters. The topological polar surface area (TPSA) is 41.6 Å². The van der Waals surface area contributed by atoms with Gasteiger partial charge in [-0.05, 0) is 31.5 Å². The minimum Gasteiger partial charge on any atom is -0.447 e. The van der Waals surface area contributed by atoms with Gasteiger partial charge in [-0.2, -0.15) is 0 Å². The van der Waals surface area contributed by atoms with Crippen LogP contribution in [-0.4, -0.2) is 36.7 Å². The Morgan fingerprint density at radius 3 is 2.61 bits per heavy atom. The number of rotatable bonds is 2. The summed E-state index contributed by atoms with van der Waals surface area (Å²) in [7, 11) is 0. The van der Waals surface area contributed by atoms with E-state index in [0.717, 1.165) is 25.9 Å². The summed E-state index contributed by atoms with van der Waals surface area (Å²) >= 11 is 0. The third-order valence-corrected chi connectivity index (χ3v) is 3.80. The second-order valence-electron chi connectivity index (χ2n) is 4.89. The number of ether oxygens (including phenoxy) is 1. The van der Waals surface area contributed by atoms with Gasteiger partial charge in [-0.3, -0.25) is 4.90 Å². The summed E-state index contributed by atoms with van der Waals surface area (Å²) < 4.78 is 5.25. The molecule has 0 radical (unpaired) electrons. The molecule has 0 aliphatic carbocycles. The predicted molar refractivity (Wildman–Crippen MR) is 68.3 cm³/mol. The van der Waals surface area contributed by atoms with Gasteiger partial charge < -0.3 is 10.1 Å². The molecule has 3 rings (SSSR count). The van der Waals surface area contributed by atoms with Gasteiger partial charge in [0.25, 0.3) is 0 Å². The number of amides is 1. The van der Waals surface area contributed by atoms with Crippen molar-refractivity contribution >= 4 is 6.09 Å². The van der Waals surface area contributed by atoms with E-state index in [0.29, 0.717) is 12.6 Å². The van der Waals surface area contributed by atoms with Crippen LogP contribution in [0.15, 0.2) is 30.3 Å². The Hall–Kier alpha value is -1.55. The predicted octanol–water partition coefficient (Wildman–Crippen LogP) is 1.93. The van der Waals surface area contributed by atoms with Crippen LogP contribution < -0.4 is 5.32 Å². The lowest BCUT2D eigenvalue weighted by atomic mass is 10.0. The Kier molecular flexibility index (Phi) is 3.19. The van der Waals surface area contributed by atoms with Gasteiger partial charge in [0, 0.05) is 6.04 Å². The molecule has 2 heterocycles. The Bertz CT molecular complexity index is 415. The molecule has 1 unspecified atom stereocenters. The summed E-state index contributed by atoms with van der Waals surface area (Å²) in [5.74, 6) is 0. The average Bonchev–Trinajstić information content (AvgIpc) is 2.83. The number of nitrogens with one attached hydrogen (secondary N) is 1. The first-order chi connectivity index (χ1) is 8.86. The van der Waals surface area contributed by atoms with Crippen LogP contribution >= 0.6 is 0 Å². The van der Waals surface area contributed by atoms with E-state index in [9.17, 15) is 4.79 Å². The van der Waals surface area contributed by atoms with Crippen LogP contribution in [0.4, 0.5) is 4.79 Å². The molecule has 1 aromatic carbocycles. The summed E-state index contributed by atoms with van der Waals surface area (Å²) in [6, 6.07) is 10.6. The largest absolute Gasteiger partial charge is 0.447 e. The molecule has 4 nitrogen and oxygen atoms in total. The molecule has 2 saturated heterocycles. The first-order valence-electron chi connectivity index (χ1n) is 6.57. The molecule has 18 heavy (non-hydrogen) atoms. The molecule has 96 valence electrons. The van der Waals surface area contributed by atoms with Crippen molar-refractivity contribution in [3.8, 4) is 0 Å².